The van der Waals surface area contributed by atoms with Gasteiger partial charge in [0.1, 0.15) is 11.5 Å². The van der Waals surface area contributed by atoms with E-state index in [1.54, 1.807) is 41.5 Å². The van der Waals surface area contributed by atoms with Gasteiger partial charge < -0.3 is 9.15 Å². The number of aromatic nitrogens is 1. The molecular formula is C21H17ClN2O3S. The number of hydrogen-bond acceptors (Lipinski definition) is 5. The second-order valence-corrected chi connectivity index (χ2v) is 7.48. The van der Waals surface area contributed by atoms with Crippen molar-refractivity contribution >= 4 is 44.2 Å². The maximum absolute atomic E-state index is 13.2. The number of hydrogen-bond donors (Lipinski definition) is 0. The van der Waals surface area contributed by atoms with Crippen molar-refractivity contribution in [2.75, 3.05) is 11.5 Å². The van der Waals surface area contributed by atoms with Gasteiger partial charge in [0.15, 0.2) is 5.13 Å². The largest absolute Gasteiger partial charge is 0.494 e. The normalized spacial score (nSPS) is 10.9. The first-order valence-corrected chi connectivity index (χ1v) is 9.96. The van der Waals surface area contributed by atoms with Gasteiger partial charge in [-0.2, -0.15) is 0 Å². The Kier molecular flexibility index (Phi) is 5.32. The molecule has 0 aliphatic carbocycles. The lowest BCUT2D eigenvalue weighted by Crippen LogP contribution is -2.30. The van der Waals surface area contributed by atoms with Crippen molar-refractivity contribution in [1.82, 2.24) is 4.98 Å². The van der Waals surface area contributed by atoms with Crippen molar-refractivity contribution in [3.8, 4) is 5.75 Å². The number of anilines is 1. The van der Waals surface area contributed by atoms with E-state index in [2.05, 4.69) is 4.98 Å². The zero-order valence-corrected chi connectivity index (χ0v) is 16.7. The highest BCUT2D eigenvalue weighted by Gasteiger charge is 2.23. The van der Waals surface area contributed by atoms with Crippen molar-refractivity contribution in [1.29, 1.82) is 0 Å². The minimum Gasteiger partial charge on any atom is -0.494 e. The van der Waals surface area contributed by atoms with E-state index in [0.29, 0.717) is 28.1 Å². The highest BCUT2D eigenvalue weighted by molar-refractivity contribution is 7.22. The van der Waals surface area contributed by atoms with E-state index in [-0.39, 0.29) is 12.5 Å². The second-order valence-electron chi connectivity index (χ2n) is 6.04. The zero-order valence-electron chi connectivity index (χ0n) is 15.1. The Morgan fingerprint density at radius 1 is 1.21 bits per heavy atom. The Morgan fingerprint density at radius 3 is 2.75 bits per heavy atom. The Bertz CT molecular complexity index is 1090. The zero-order chi connectivity index (χ0) is 19.5. The summed E-state index contributed by atoms with van der Waals surface area (Å²) in [5.41, 5.74) is 1.35. The van der Waals surface area contributed by atoms with E-state index in [1.807, 2.05) is 31.2 Å². The van der Waals surface area contributed by atoms with Crippen LogP contribution in [0.4, 0.5) is 5.13 Å². The lowest BCUT2D eigenvalue weighted by molar-refractivity contribution is 0.0983. The van der Waals surface area contributed by atoms with Crippen LogP contribution >= 0.6 is 22.9 Å². The van der Waals surface area contributed by atoms with Crippen LogP contribution in [-0.4, -0.2) is 17.5 Å². The standard InChI is InChI=1S/C21H17ClN2O3S/c1-2-26-16-9-10-18-19(12-16)28-21(23-18)24(13-17-4-3-11-27-17)20(25)14-5-7-15(22)8-6-14/h3-12H,2,13H2,1H3. The fourth-order valence-corrected chi connectivity index (χ4v) is 3.92. The van der Waals surface area contributed by atoms with Crippen LogP contribution in [0.25, 0.3) is 10.2 Å². The summed E-state index contributed by atoms with van der Waals surface area (Å²) in [6.45, 7) is 2.82. The molecule has 0 fully saturated rings. The summed E-state index contributed by atoms with van der Waals surface area (Å²) in [5.74, 6) is 1.29. The van der Waals surface area contributed by atoms with Gasteiger partial charge in [0.25, 0.3) is 5.91 Å². The molecule has 0 unspecified atom stereocenters. The van der Waals surface area contributed by atoms with Crippen molar-refractivity contribution in [3.05, 3.63) is 77.2 Å². The van der Waals surface area contributed by atoms with E-state index in [0.717, 1.165) is 16.0 Å². The third-order valence-corrected chi connectivity index (χ3v) is 5.41. The molecule has 0 radical (unpaired) electrons. The highest BCUT2D eigenvalue weighted by atomic mass is 35.5. The van der Waals surface area contributed by atoms with Gasteiger partial charge in [0, 0.05) is 10.6 Å². The summed E-state index contributed by atoms with van der Waals surface area (Å²) in [5, 5.41) is 1.18. The number of furan rings is 1. The molecule has 2 aromatic carbocycles. The topological polar surface area (TPSA) is 55.6 Å². The molecule has 1 amide bonds. The average molecular weight is 413 g/mol. The number of nitrogens with zero attached hydrogens (tertiary/aromatic N) is 2. The Balaban J connectivity index is 1.73. The van der Waals surface area contributed by atoms with E-state index < -0.39 is 0 Å². The predicted molar refractivity (Wildman–Crippen MR) is 111 cm³/mol. The van der Waals surface area contributed by atoms with Gasteiger partial charge in [-0.15, -0.1) is 0 Å². The molecule has 142 valence electrons. The average Bonchev–Trinajstić information content (AvgIpc) is 3.35. The third kappa shape index (κ3) is 3.88. The second kappa shape index (κ2) is 8.04. The minimum absolute atomic E-state index is 0.169. The van der Waals surface area contributed by atoms with Gasteiger partial charge in [0.2, 0.25) is 0 Å². The summed E-state index contributed by atoms with van der Waals surface area (Å²) in [7, 11) is 0. The smallest absolute Gasteiger partial charge is 0.260 e. The third-order valence-electron chi connectivity index (χ3n) is 4.12. The van der Waals surface area contributed by atoms with E-state index >= 15 is 0 Å². The number of carbonyl (C=O) groups is 1. The first-order chi connectivity index (χ1) is 13.6. The summed E-state index contributed by atoms with van der Waals surface area (Å²) in [4.78, 5) is 19.5. The highest BCUT2D eigenvalue weighted by Crippen LogP contribution is 2.33. The van der Waals surface area contributed by atoms with Crippen LogP contribution in [0.3, 0.4) is 0 Å². The number of fused-ring (bicyclic) bond motifs is 1. The molecule has 0 aliphatic rings. The van der Waals surface area contributed by atoms with Crippen LogP contribution in [-0.2, 0) is 6.54 Å². The summed E-state index contributed by atoms with van der Waals surface area (Å²) in [6, 6.07) is 16.2. The number of carbonyl (C=O) groups excluding carboxylic acids is 1. The number of halogens is 1. The molecule has 5 nitrogen and oxygen atoms in total. The van der Waals surface area contributed by atoms with Gasteiger partial charge >= 0.3 is 0 Å². The van der Waals surface area contributed by atoms with Gasteiger partial charge in [-0.05, 0) is 61.5 Å². The molecule has 0 saturated carbocycles. The molecule has 4 aromatic rings. The Morgan fingerprint density at radius 2 is 2.04 bits per heavy atom. The van der Waals surface area contributed by atoms with Crippen LogP contribution < -0.4 is 9.64 Å². The number of amides is 1. The van der Waals surface area contributed by atoms with E-state index in [1.165, 1.54) is 11.3 Å². The molecule has 0 N–H and O–H groups in total. The van der Waals surface area contributed by atoms with Gasteiger partial charge in [-0.3, -0.25) is 9.69 Å². The van der Waals surface area contributed by atoms with Crippen molar-refractivity contribution < 1.29 is 13.9 Å². The summed E-state index contributed by atoms with van der Waals surface area (Å²) < 4.78 is 12.0. The van der Waals surface area contributed by atoms with Gasteiger partial charge in [-0.1, -0.05) is 22.9 Å². The molecule has 0 saturated heterocycles. The Labute approximate surface area is 171 Å². The van der Waals surface area contributed by atoms with Gasteiger partial charge in [0.05, 0.1) is 29.6 Å². The molecule has 2 aromatic heterocycles. The fraction of sp³-hybridized carbons (Fsp3) is 0.143. The molecular weight excluding hydrogens is 396 g/mol. The fourth-order valence-electron chi connectivity index (χ4n) is 2.80. The van der Waals surface area contributed by atoms with Crippen molar-refractivity contribution in [2.45, 2.75) is 13.5 Å². The molecule has 7 heteroatoms. The number of rotatable bonds is 6. The SMILES string of the molecule is CCOc1ccc2nc(N(Cc3ccco3)C(=O)c3ccc(Cl)cc3)sc2c1. The maximum atomic E-state index is 13.2. The predicted octanol–water partition coefficient (Wildman–Crippen LogP) is 5.79. The first-order valence-electron chi connectivity index (χ1n) is 8.77. The minimum atomic E-state index is -0.169. The lowest BCUT2D eigenvalue weighted by Gasteiger charge is -2.18. The van der Waals surface area contributed by atoms with Crippen molar-refractivity contribution in [2.24, 2.45) is 0 Å². The van der Waals surface area contributed by atoms with Crippen LogP contribution in [0.2, 0.25) is 5.02 Å². The van der Waals surface area contributed by atoms with Crippen LogP contribution in [0, 0.1) is 0 Å². The van der Waals surface area contributed by atoms with E-state index in [9.17, 15) is 4.79 Å². The molecule has 28 heavy (non-hydrogen) atoms. The monoisotopic (exact) mass is 412 g/mol. The van der Waals surface area contributed by atoms with Crippen molar-refractivity contribution in [3.63, 3.8) is 0 Å². The maximum Gasteiger partial charge on any atom is 0.260 e. The van der Waals surface area contributed by atoms with Crippen LogP contribution in [0.1, 0.15) is 23.0 Å². The molecule has 2 heterocycles. The van der Waals surface area contributed by atoms with Crippen LogP contribution in [0.5, 0.6) is 5.75 Å². The van der Waals surface area contributed by atoms with E-state index in [4.69, 9.17) is 20.8 Å². The molecule has 0 aliphatic heterocycles. The number of thiazole rings is 1. The first kappa shape index (κ1) is 18.5. The summed E-state index contributed by atoms with van der Waals surface area (Å²) in [6.07, 6.45) is 1.59. The molecule has 0 atom stereocenters. The summed E-state index contributed by atoms with van der Waals surface area (Å²) >= 11 is 7.40. The number of benzene rings is 2. The quantitative estimate of drug-likeness (QED) is 0.402. The molecule has 4 rings (SSSR count). The number of ether oxygens (including phenoxy) is 1. The lowest BCUT2D eigenvalue weighted by atomic mass is 10.2. The molecule has 0 bridgehead atoms. The van der Waals surface area contributed by atoms with Crippen LogP contribution in [0.15, 0.2) is 65.3 Å². The van der Waals surface area contributed by atoms with Gasteiger partial charge in [-0.25, -0.2) is 4.98 Å². The Hall–Kier alpha value is -2.83. The molecule has 0 spiro atoms.